The number of imide groups is 1. The van der Waals surface area contributed by atoms with Gasteiger partial charge in [0.15, 0.2) is 0 Å². The van der Waals surface area contributed by atoms with Crippen LogP contribution in [0.4, 0.5) is 4.79 Å². The van der Waals surface area contributed by atoms with E-state index in [0.29, 0.717) is 12.6 Å². The third kappa shape index (κ3) is 2.28. The zero-order valence-electron chi connectivity index (χ0n) is 10.6. The smallest absolute Gasteiger partial charge is 0.324 e. The second-order valence-electron chi connectivity index (χ2n) is 5.30. The van der Waals surface area contributed by atoms with Gasteiger partial charge in [0.2, 0.25) is 0 Å². The summed E-state index contributed by atoms with van der Waals surface area (Å²) >= 11 is 0. The molecule has 0 bridgehead atoms. The number of nitrogens with zero attached hydrogens (tertiary/aromatic N) is 2. The second kappa shape index (κ2) is 4.27. The summed E-state index contributed by atoms with van der Waals surface area (Å²) in [6.07, 6.45) is 0. The van der Waals surface area contributed by atoms with Gasteiger partial charge in [-0.1, -0.05) is 0 Å². The fourth-order valence-corrected chi connectivity index (χ4v) is 2.05. The molecule has 2 fully saturated rings. The van der Waals surface area contributed by atoms with Crippen LogP contribution in [0.1, 0.15) is 13.8 Å². The highest BCUT2D eigenvalue weighted by Crippen LogP contribution is 2.16. The van der Waals surface area contributed by atoms with Gasteiger partial charge >= 0.3 is 6.03 Å². The van der Waals surface area contributed by atoms with Gasteiger partial charge in [0, 0.05) is 32.2 Å². The molecule has 2 rings (SSSR count). The van der Waals surface area contributed by atoms with Crippen LogP contribution in [-0.4, -0.2) is 66.5 Å². The molecule has 0 aromatic rings. The first-order valence-corrected chi connectivity index (χ1v) is 5.97. The third-order valence-electron chi connectivity index (χ3n) is 3.50. The van der Waals surface area contributed by atoms with Gasteiger partial charge in [-0.15, -0.1) is 0 Å². The van der Waals surface area contributed by atoms with Crippen LogP contribution >= 0.6 is 0 Å². The Hall–Kier alpha value is -1.14. The molecule has 2 aliphatic rings. The zero-order chi connectivity index (χ0) is 12.6. The van der Waals surface area contributed by atoms with E-state index in [9.17, 15) is 9.59 Å². The van der Waals surface area contributed by atoms with Crippen LogP contribution in [-0.2, 0) is 4.79 Å². The largest absolute Gasteiger partial charge is 0.325 e. The molecule has 17 heavy (non-hydrogen) atoms. The Kier molecular flexibility index (Phi) is 3.09. The quantitative estimate of drug-likeness (QED) is 0.633. The fourth-order valence-electron chi connectivity index (χ4n) is 2.05. The normalized spacial score (nSPS) is 24.1. The predicted octanol–water partition coefficient (Wildman–Crippen LogP) is -0.780. The summed E-state index contributed by atoms with van der Waals surface area (Å²) in [5, 5.41) is 5.88. The predicted molar refractivity (Wildman–Crippen MR) is 63.6 cm³/mol. The Morgan fingerprint density at radius 2 is 2.06 bits per heavy atom. The van der Waals surface area contributed by atoms with Crippen molar-refractivity contribution in [3.05, 3.63) is 0 Å². The average molecular weight is 240 g/mol. The summed E-state index contributed by atoms with van der Waals surface area (Å²) in [5.41, 5.74) is -0.756. The molecule has 96 valence electrons. The molecule has 0 atom stereocenters. The molecule has 6 nitrogen and oxygen atoms in total. The first-order valence-electron chi connectivity index (χ1n) is 5.97. The van der Waals surface area contributed by atoms with Crippen LogP contribution in [0.2, 0.25) is 0 Å². The van der Waals surface area contributed by atoms with Crippen LogP contribution < -0.4 is 10.6 Å². The molecule has 2 aliphatic heterocycles. The molecule has 0 unspecified atom stereocenters. The van der Waals surface area contributed by atoms with Gasteiger partial charge in [0.25, 0.3) is 5.91 Å². The molecule has 2 N–H and O–H groups in total. The van der Waals surface area contributed by atoms with E-state index in [-0.39, 0.29) is 11.9 Å². The van der Waals surface area contributed by atoms with Crippen molar-refractivity contribution in [2.45, 2.75) is 25.4 Å². The SMILES string of the molecule is CN(CCN1C(=O)NC(C)(C)C1=O)C1CNC1. The molecule has 0 radical (unpaired) electrons. The van der Waals surface area contributed by atoms with Crippen LogP contribution in [0.15, 0.2) is 0 Å². The highest BCUT2D eigenvalue weighted by atomic mass is 16.2. The fraction of sp³-hybridized carbons (Fsp3) is 0.818. The Balaban J connectivity index is 1.86. The van der Waals surface area contributed by atoms with E-state index in [4.69, 9.17) is 0 Å². The monoisotopic (exact) mass is 240 g/mol. The van der Waals surface area contributed by atoms with Crippen molar-refractivity contribution in [3.63, 3.8) is 0 Å². The first-order chi connectivity index (χ1) is 7.92. The van der Waals surface area contributed by atoms with E-state index < -0.39 is 5.54 Å². The van der Waals surface area contributed by atoms with Gasteiger partial charge in [0.1, 0.15) is 5.54 Å². The number of nitrogens with one attached hydrogen (secondary N) is 2. The van der Waals surface area contributed by atoms with E-state index in [2.05, 4.69) is 15.5 Å². The highest BCUT2D eigenvalue weighted by Gasteiger charge is 2.44. The maximum atomic E-state index is 11.9. The summed E-state index contributed by atoms with van der Waals surface area (Å²) in [5.74, 6) is -0.136. The minimum atomic E-state index is -0.756. The Bertz CT molecular complexity index is 338. The summed E-state index contributed by atoms with van der Waals surface area (Å²) in [4.78, 5) is 27.0. The summed E-state index contributed by atoms with van der Waals surface area (Å²) in [6.45, 7) is 6.62. The molecule has 2 saturated heterocycles. The van der Waals surface area contributed by atoms with E-state index in [0.717, 1.165) is 19.6 Å². The molecule has 0 aromatic carbocycles. The van der Waals surface area contributed by atoms with E-state index in [1.807, 2.05) is 7.05 Å². The van der Waals surface area contributed by atoms with Gasteiger partial charge in [0.05, 0.1) is 0 Å². The number of rotatable bonds is 4. The number of likely N-dealkylation sites (N-methyl/N-ethyl adjacent to an activating group) is 1. The number of hydrogen-bond donors (Lipinski definition) is 2. The molecule has 0 aromatic heterocycles. The summed E-state index contributed by atoms with van der Waals surface area (Å²) in [7, 11) is 2.02. The van der Waals surface area contributed by atoms with Crippen molar-refractivity contribution in [3.8, 4) is 0 Å². The lowest BCUT2D eigenvalue weighted by molar-refractivity contribution is -0.130. The maximum Gasteiger partial charge on any atom is 0.325 e. The van der Waals surface area contributed by atoms with Crippen molar-refractivity contribution in [2.75, 3.05) is 33.2 Å². The number of hydrogen-bond acceptors (Lipinski definition) is 4. The lowest BCUT2D eigenvalue weighted by Crippen LogP contribution is -2.57. The number of urea groups is 1. The Morgan fingerprint density at radius 3 is 2.47 bits per heavy atom. The van der Waals surface area contributed by atoms with Gasteiger partial charge in [-0.2, -0.15) is 0 Å². The minimum Gasteiger partial charge on any atom is -0.324 e. The zero-order valence-corrected chi connectivity index (χ0v) is 10.6. The van der Waals surface area contributed by atoms with Gasteiger partial charge < -0.3 is 10.6 Å². The average Bonchev–Trinajstić information content (AvgIpc) is 2.31. The van der Waals surface area contributed by atoms with Gasteiger partial charge in [-0.25, -0.2) is 4.79 Å². The lowest BCUT2D eigenvalue weighted by atomic mass is 10.1. The van der Waals surface area contributed by atoms with Crippen LogP contribution in [0, 0.1) is 0 Å². The number of carbonyl (C=O) groups is 2. The highest BCUT2D eigenvalue weighted by molar-refractivity contribution is 6.06. The second-order valence-corrected chi connectivity index (χ2v) is 5.30. The molecular weight excluding hydrogens is 220 g/mol. The summed E-state index contributed by atoms with van der Waals surface area (Å²) in [6, 6.07) is 0.254. The topological polar surface area (TPSA) is 64.7 Å². The Morgan fingerprint density at radius 1 is 1.41 bits per heavy atom. The molecule has 0 spiro atoms. The first kappa shape index (κ1) is 12.3. The van der Waals surface area contributed by atoms with Crippen LogP contribution in [0.5, 0.6) is 0 Å². The molecular formula is C11H20N4O2. The van der Waals surface area contributed by atoms with Crippen molar-refractivity contribution in [1.29, 1.82) is 0 Å². The summed E-state index contributed by atoms with van der Waals surface area (Å²) < 4.78 is 0. The lowest BCUT2D eigenvalue weighted by Gasteiger charge is -2.36. The van der Waals surface area contributed by atoms with Crippen LogP contribution in [0.25, 0.3) is 0 Å². The van der Waals surface area contributed by atoms with Crippen molar-refractivity contribution < 1.29 is 9.59 Å². The van der Waals surface area contributed by atoms with Crippen molar-refractivity contribution in [1.82, 2.24) is 20.4 Å². The molecule has 2 heterocycles. The number of amides is 3. The molecule has 0 aliphatic carbocycles. The standard InChI is InChI=1S/C11H20N4O2/c1-11(2)9(16)15(10(17)13-11)5-4-14(3)8-6-12-7-8/h8,12H,4-7H2,1-3H3,(H,13,17). The minimum absolute atomic E-state index is 0.136. The number of carbonyl (C=O) groups excluding carboxylic acids is 2. The molecule has 0 saturated carbocycles. The maximum absolute atomic E-state index is 11.9. The molecule has 3 amide bonds. The van der Waals surface area contributed by atoms with Crippen molar-refractivity contribution in [2.24, 2.45) is 0 Å². The van der Waals surface area contributed by atoms with Crippen molar-refractivity contribution >= 4 is 11.9 Å². The van der Waals surface area contributed by atoms with E-state index in [1.165, 1.54) is 4.90 Å². The molecule has 6 heteroatoms. The van der Waals surface area contributed by atoms with Gasteiger partial charge in [-0.05, 0) is 20.9 Å². The van der Waals surface area contributed by atoms with Gasteiger partial charge in [-0.3, -0.25) is 14.6 Å². The van der Waals surface area contributed by atoms with E-state index >= 15 is 0 Å². The van der Waals surface area contributed by atoms with E-state index in [1.54, 1.807) is 13.8 Å². The van der Waals surface area contributed by atoms with Crippen LogP contribution in [0.3, 0.4) is 0 Å². The Labute approximate surface area is 101 Å². The third-order valence-corrected chi connectivity index (χ3v) is 3.50.